The molecule has 0 unspecified atom stereocenters. The molecule has 1 aliphatic rings. The van der Waals surface area contributed by atoms with Gasteiger partial charge in [-0.05, 0) is 31.2 Å². The number of hydrogen-bond acceptors (Lipinski definition) is 6. The summed E-state index contributed by atoms with van der Waals surface area (Å²) < 4.78 is 5.13. The highest BCUT2D eigenvalue weighted by atomic mass is 32.1. The average Bonchev–Trinajstić information content (AvgIpc) is 3.06. The maximum atomic E-state index is 11.9. The van der Waals surface area contributed by atoms with Crippen molar-refractivity contribution in [2.75, 3.05) is 0 Å². The fraction of sp³-hybridized carbons (Fsp3) is 0.0667. The van der Waals surface area contributed by atoms with Crippen molar-refractivity contribution >= 4 is 35.0 Å². The summed E-state index contributed by atoms with van der Waals surface area (Å²) in [5, 5.41) is 11.0. The number of aliphatic imine (C=N–C) groups is 1. The zero-order chi connectivity index (χ0) is 15.7. The van der Waals surface area contributed by atoms with Crippen LogP contribution in [0.15, 0.2) is 47.1 Å². The van der Waals surface area contributed by atoms with Crippen LogP contribution in [0.2, 0.25) is 0 Å². The van der Waals surface area contributed by atoms with Crippen LogP contribution in [0.3, 0.4) is 0 Å². The molecule has 0 bridgehead atoms. The van der Waals surface area contributed by atoms with Crippen molar-refractivity contribution < 1.29 is 14.5 Å². The van der Waals surface area contributed by atoms with Crippen molar-refractivity contribution in [2.24, 2.45) is 4.99 Å². The highest BCUT2D eigenvalue weighted by molar-refractivity contribution is 7.14. The van der Waals surface area contributed by atoms with Gasteiger partial charge in [-0.1, -0.05) is 12.1 Å². The number of esters is 1. The number of carbonyl (C=O) groups excluding carboxylic acids is 1. The van der Waals surface area contributed by atoms with E-state index in [1.807, 2.05) is 19.1 Å². The quantitative estimate of drug-likeness (QED) is 0.377. The van der Waals surface area contributed by atoms with Crippen LogP contribution in [0, 0.1) is 17.0 Å². The molecule has 2 aromatic rings. The Morgan fingerprint density at radius 1 is 1.27 bits per heavy atom. The Kier molecular flexibility index (Phi) is 3.56. The molecule has 0 radical (unpaired) electrons. The standard InChI is InChI=1S/C15H10N2O4S/c1-9-6-7-13(22-9)14-16-11(15(18)21-14)8-10-4-2-3-5-12(10)17(19)20/h2-8H,1H3/b11-8-. The molecule has 1 aromatic heterocycles. The highest BCUT2D eigenvalue weighted by Gasteiger charge is 2.26. The van der Waals surface area contributed by atoms with Crippen molar-refractivity contribution in [3.63, 3.8) is 0 Å². The molecule has 0 saturated carbocycles. The van der Waals surface area contributed by atoms with E-state index in [9.17, 15) is 14.9 Å². The lowest BCUT2D eigenvalue weighted by atomic mass is 10.1. The molecular formula is C15H10N2O4S. The highest BCUT2D eigenvalue weighted by Crippen LogP contribution is 2.26. The lowest BCUT2D eigenvalue weighted by Gasteiger charge is -1.96. The molecule has 7 heteroatoms. The summed E-state index contributed by atoms with van der Waals surface area (Å²) in [6.07, 6.45) is 1.37. The number of para-hydroxylation sites is 1. The Hall–Kier alpha value is -2.80. The molecule has 1 aliphatic heterocycles. The maximum absolute atomic E-state index is 11.9. The maximum Gasteiger partial charge on any atom is 0.363 e. The minimum Gasteiger partial charge on any atom is -0.401 e. The van der Waals surface area contributed by atoms with Gasteiger partial charge in [0.2, 0.25) is 5.90 Å². The first kappa shape index (κ1) is 14.2. The molecule has 22 heavy (non-hydrogen) atoms. The van der Waals surface area contributed by atoms with Crippen LogP contribution in [0.1, 0.15) is 15.3 Å². The lowest BCUT2D eigenvalue weighted by molar-refractivity contribution is -0.385. The van der Waals surface area contributed by atoms with Gasteiger partial charge in [0, 0.05) is 10.9 Å². The van der Waals surface area contributed by atoms with Gasteiger partial charge in [-0.2, -0.15) is 0 Å². The average molecular weight is 314 g/mol. The van der Waals surface area contributed by atoms with E-state index in [0.717, 1.165) is 9.75 Å². The molecule has 3 rings (SSSR count). The van der Waals surface area contributed by atoms with Crippen LogP contribution < -0.4 is 0 Å². The lowest BCUT2D eigenvalue weighted by Crippen LogP contribution is -2.03. The molecule has 0 N–H and O–H groups in total. The van der Waals surface area contributed by atoms with Crippen LogP contribution in [0.4, 0.5) is 5.69 Å². The summed E-state index contributed by atoms with van der Waals surface area (Å²) in [5.74, 6) is -0.382. The first-order valence-electron chi connectivity index (χ1n) is 6.37. The van der Waals surface area contributed by atoms with Gasteiger partial charge >= 0.3 is 5.97 Å². The zero-order valence-electron chi connectivity index (χ0n) is 11.5. The topological polar surface area (TPSA) is 81.8 Å². The number of benzene rings is 1. The molecule has 1 aromatic carbocycles. The van der Waals surface area contributed by atoms with E-state index < -0.39 is 10.9 Å². The number of nitro benzene ring substituents is 1. The monoisotopic (exact) mass is 314 g/mol. The van der Waals surface area contributed by atoms with E-state index in [4.69, 9.17) is 4.74 Å². The molecule has 0 fully saturated rings. The summed E-state index contributed by atoms with van der Waals surface area (Å²) in [5.41, 5.74) is 0.278. The number of nitro groups is 1. The number of rotatable bonds is 3. The fourth-order valence-electron chi connectivity index (χ4n) is 1.99. The Balaban J connectivity index is 2.00. The van der Waals surface area contributed by atoms with E-state index in [1.54, 1.807) is 18.2 Å². The van der Waals surface area contributed by atoms with Crippen molar-refractivity contribution in [1.82, 2.24) is 0 Å². The Morgan fingerprint density at radius 2 is 2.05 bits per heavy atom. The van der Waals surface area contributed by atoms with Crippen LogP contribution >= 0.6 is 11.3 Å². The molecule has 0 amide bonds. The summed E-state index contributed by atoms with van der Waals surface area (Å²) in [6, 6.07) is 9.88. The van der Waals surface area contributed by atoms with Gasteiger partial charge in [-0.3, -0.25) is 10.1 Å². The first-order valence-corrected chi connectivity index (χ1v) is 7.19. The molecular weight excluding hydrogens is 304 g/mol. The number of hydrogen-bond donors (Lipinski definition) is 0. The van der Waals surface area contributed by atoms with Crippen LogP contribution in [0.5, 0.6) is 0 Å². The molecule has 2 heterocycles. The number of cyclic esters (lactones) is 1. The van der Waals surface area contributed by atoms with Gasteiger partial charge in [0.1, 0.15) is 0 Å². The van der Waals surface area contributed by atoms with Crippen LogP contribution in [-0.4, -0.2) is 16.8 Å². The molecule has 0 spiro atoms. The summed E-state index contributed by atoms with van der Waals surface area (Å²) in [7, 11) is 0. The van der Waals surface area contributed by atoms with Crippen LogP contribution in [-0.2, 0) is 9.53 Å². The molecule has 0 aliphatic carbocycles. The minimum atomic E-state index is -0.612. The number of nitrogens with zero attached hydrogens (tertiary/aromatic N) is 2. The number of aryl methyl sites for hydroxylation is 1. The minimum absolute atomic E-state index is 0.0513. The third-order valence-corrected chi connectivity index (χ3v) is 3.99. The number of thiophene rings is 1. The third-order valence-electron chi connectivity index (χ3n) is 3.00. The number of carbonyl (C=O) groups is 1. The largest absolute Gasteiger partial charge is 0.401 e. The molecule has 0 saturated heterocycles. The number of ether oxygens (including phenoxy) is 1. The Bertz CT molecular complexity index is 836. The van der Waals surface area contributed by atoms with Crippen LogP contribution in [0.25, 0.3) is 6.08 Å². The van der Waals surface area contributed by atoms with Gasteiger partial charge in [-0.15, -0.1) is 11.3 Å². The van der Waals surface area contributed by atoms with Crippen molar-refractivity contribution in [2.45, 2.75) is 6.92 Å². The first-order chi connectivity index (χ1) is 10.5. The zero-order valence-corrected chi connectivity index (χ0v) is 12.3. The molecule has 6 nitrogen and oxygen atoms in total. The summed E-state index contributed by atoms with van der Waals surface area (Å²) in [6.45, 7) is 1.94. The second kappa shape index (κ2) is 5.53. The van der Waals surface area contributed by atoms with Crippen molar-refractivity contribution in [1.29, 1.82) is 0 Å². The van der Waals surface area contributed by atoms with E-state index in [1.165, 1.54) is 23.5 Å². The molecule has 0 atom stereocenters. The van der Waals surface area contributed by atoms with Gasteiger partial charge in [0.05, 0.1) is 15.4 Å². The van der Waals surface area contributed by atoms with Gasteiger partial charge in [-0.25, -0.2) is 9.79 Å². The van der Waals surface area contributed by atoms with Crippen molar-refractivity contribution in [3.8, 4) is 0 Å². The summed E-state index contributed by atoms with van der Waals surface area (Å²) in [4.78, 5) is 28.3. The van der Waals surface area contributed by atoms with E-state index in [-0.39, 0.29) is 17.3 Å². The van der Waals surface area contributed by atoms with Crippen molar-refractivity contribution in [3.05, 3.63) is 67.5 Å². The van der Waals surface area contributed by atoms with Gasteiger partial charge in [0.15, 0.2) is 5.70 Å². The third kappa shape index (κ3) is 2.66. The van der Waals surface area contributed by atoms with E-state index in [2.05, 4.69) is 4.99 Å². The van der Waals surface area contributed by atoms with E-state index >= 15 is 0 Å². The normalized spacial score (nSPS) is 15.8. The SMILES string of the molecule is Cc1ccc(C2=N/C(=C\c3ccccc3[N+](=O)[O-])C(=O)O2)s1. The second-order valence-corrected chi connectivity index (χ2v) is 5.85. The predicted molar refractivity (Wildman–Crippen MR) is 82.8 cm³/mol. The van der Waals surface area contributed by atoms with Gasteiger partial charge in [0.25, 0.3) is 5.69 Å². The van der Waals surface area contributed by atoms with E-state index in [0.29, 0.717) is 5.56 Å². The smallest absolute Gasteiger partial charge is 0.363 e. The van der Waals surface area contributed by atoms with Gasteiger partial charge < -0.3 is 4.74 Å². The summed E-state index contributed by atoms with van der Waals surface area (Å²) >= 11 is 1.46. The fourth-order valence-corrected chi connectivity index (χ4v) is 2.78. The molecule has 110 valence electrons. The Labute approximate surface area is 129 Å². The predicted octanol–water partition coefficient (Wildman–Crippen LogP) is 3.31. The Morgan fingerprint density at radius 3 is 2.73 bits per heavy atom. The second-order valence-electron chi connectivity index (χ2n) is 4.56.